The molecule has 0 aliphatic rings. The van der Waals surface area contributed by atoms with Gasteiger partial charge in [-0.15, -0.1) is 0 Å². The summed E-state index contributed by atoms with van der Waals surface area (Å²) in [4.78, 5) is 16.9. The van der Waals surface area contributed by atoms with E-state index in [-0.39, 0.29) is 18.1 Å². The van der Waals surface area contributed by atoms with Gasteiger partial charge >= 0.3 is 0 Å². The lowest BCUT2D eigenvalue weighted by atomic mass is 10.1. The number of hydrogen-bond donors (Lipinski definition) is 1. The van der Waals surface area contributed by atoms with E-state index in [0.29, 0.717) is 18.1 Å². The molecular weight excluding hydrogens is 281 g/mol. The van der Waals surface area contributed by atoms with E-state index in [1.807, 2.05) is 35.8 Å². The number of imidazole rings is 1. The van der Waals surface area contributed by atoms with Crippen molar-refractivity contribution in [2.24, 2.45) is 0 Å². The monoisotopic (exact) mass is 297 g/mol. The summed E-state index contributed by atoms with van der Waals surface area (Å²) in [6, 6.07) is 13.3. The molecule has 3 aromatic rings. The Labute approximate surface area is 127 Å². The van der Waals surface area contributed by atoms with Crippen molar-refractivity contribution in [3.63, 3.8) is 0 Å². The molecule has 0 aliphatic heterocycles. The largest absolute Gasteiger partial charge is 0.356 e. The highest BCUT2D eigenvalue weighted by molar-refractivity contribution is 5.97. The van der Waals surface area contributed by atoms with Gasteiger partial charge in [0.05, 0.1) is 17.6 Å². The fourth-order valence-corrected chi connectivity index (χ4v) is 2.40. The Morgan fingerprint density at radius 1 is 1.18 bits per heavy atom. The minimum atomic E-state index is -0.349. The highest BCUT2D eigenvalue weighted by atomic mass is 19.1. The lowest BCUT2D eigenvalue weighted by molar-refractivity contribution is 0.0974. The zero-order chi connectivity index (χ0) is 15.5. The van der Waals surface area contributed by atoms with Crippen molar-refractivity contribution in [2.75, 3.05) is 11.9 Å². The first kappa shape index (κ1) is 14.3. The number of para-hydroxylation sites is 2. The minimum Gasteiger partial charge on any atom is -0.356 e. The van der Waals surface area contributed by atoms with E-state index in [1.165, 1.54) is 24.3 Å². The Balaban J connectivity index is 1.96. The summed E-state index contributed by atoms with van der Waals surface area (Å²) in [5, 5.41) is 3.17. The van der Waals surface area contributed by atoms with Gasteiger partial charge in [-0.25, -0.2) is 9.37 Å². The molecule has 0 saturated heterocycles. The molecule has 5 heteroatoms. The van der Waals surface area contributed by atoms with Crippen LogP contribution < -0.4 is 5.32 Å². The fourth-order valence-electron chi connectivity index (χ4n) is 2.40. The molecule has 3 rings (SSSR count). The Morgan fingerprint density at radius 3 is 2.64 bits per heavy atom. The van der Waals surface area contributed by atoms with Gasteiger partial charge < -0.3 is 9.88 Å². The summed E-state index contributed by atoms with van der Waals surface area (Å²) in [6.07, 6.45) is 0. The second-order valence-corrected chi connectivity index (χ2v) is 4.97. The van der Waals surface area contributed by atoms with Crippen LogP contribution in [-0.4, -0.2) is 21.9 Å². The van der Waals surface area contributed by atoms with Gasteiger partial charge in [0.1, 0.15) is 5.82 Å². The van der Waals surface area contributed by atoms with Crippen molar-refractivity contribution in [1.29, 1.82) is 0 Å². The molecule has 0 atom stereocenters. The van der Waals surface area contributed by atoms with Crippen molar-refractivity contribution in [3.8, 4) is 0 Å². The third kappa shape index (κ3) is 2.70. The van der Waals surface area contributed by atoms with E-state index in [9.17, 15) is 9.18 Å². The molecule has 1 aromatic heterocycles. The van der Waals surface area contributed by atoms with Crippen LogP contribution in [0.25, 0.3) is 11.0 Å². The molecule has 22 heavy (non-hydrogen) atoms. The number of aromatic nitrogens is 2. The molecule has 2 aromatic carbocycles. The average molecular weight is 297 g/mol. The topological polar surface area (TPSA) is 46.9 Å². The molecule has 0 spiro atoms. The van der Waals surface area contributed by atoms with E-state index in [4.69, 9.17) is 0 Å². The number of hydrogen-bond acceptors (Lipinski definition) is 3. The molecule has 0 radical (unpaired) electrons. The first-order valence-corrected chi connectivity index (χ1v) is 7.17. The lowest BCUT2D eigenvalue weighted by Crippen LogP contribution is -2.14. The van der Waals surface area contributed by atoms with E-state index in [1.54, 1.807) is 0 Å². The van der Waals surface area contributed by atoms with Gasteiger partial charge in [0.15, 0.2) is 5.78 Å². The van der Waals surface area contributed by atoms with Crippen LogP contribution in [0.4, 0.5) is 10.3 Å². The first-order valence-electron chi connectivity index (χ1n) is 7.17. The zero-order valence-corrected chi connectivity index (χ0v) is 12.2. The molecule has 0 saturated carbocycles. The van der Waals surface area contributed by atoms with Crippen LogP contribution in [0.5, 0.6) is 0 Å². The number of benzene rings is 2. The Hall–Kier alpha value is -2.69. The van der Waals surface area contributed by atoms with Gasteiger partial charge in [-0.1, -0.05) is 12.1 Å². The summed E-state index contributed by atoms with van der Waals surface area (Å²) in [6.45, 7) is 2.86. The number of rotatable bonds is 5. The van der Waals surface area contributed by atoms with Crippen LogP contribution in [0, 0.1) is 5.82 Å². The molecule has 1 heterocycles. The number of halogens is 1. The number of ketones is 1. The first-order chi connectivity index (χ1) is 10.7. The maximum atomic E-state index is 13.0. The smallest absolute Gasteiger partial charge is 0.204 e. The summed E-state index contributed by atoms with van der Waals surface area (Å²) >= 11 is 0. The molecule has 112 valence electrons. The highest BCUT2D eigenvalue weighted by Crippen LogP contribution is 2.20. The zero-order valence-electron chi connectivity index (χ0n) is 12.2. The van der Waals surface area contributed by atoms with Gasteiger partial charge in [0, 0.05) is 12.1 Å². The van der Waals surface area contributed by atoms with E-state index >= 15 is 0 Å². The summed E-state index contributed by atoms with van der Waals surface area (Å²) in [7, 11) is 0. The highest BCUT2D eigenvalue weighted by Gasteiger charge is 2.14. The number of fused-ring (bicyclic) bond motifs is 1. The number of Topliss-reactive ketones (excluding diaryl/α,β-unsaturated/α-hetero) is 1. The van der Waals surface area contributed by atoms with Gasteiger partial charge in [0.2, 0.25) is 5.95 Å². The molecule has 0 unspecified atom stereocenters. The summed E-state index contributed by atoms with van der Waals surface area (Å²) in [5.74, 6) is 0.236. The fraction of sp³-hybridized carbons (Fsp3) is 0.176. The van der Waals surface area contributed by atoms with Crippen LogP contribution >= 0.6 is 0 Å². The number of carbonyl (C=O) groups is 1. The Kier molecular flexibility index (Phi) is 3.87. The van der Waals surface area contributed by atoms with Crippen molar-refractivity contribution >= 4 is 22.8 Å². The molecule has 0 aliphatic carbocycles. The van der Waals surface area contributed by atoms with E-state index in [0.717, 1.165) is 11.0 Å². The van der Waals surface area contributed by atoms with Crippen LogP contribution in [-0.2, 0) is 6.54 Å². The van der Waals surface area contributed by atoms with Gasteiger partial charge in [-0.05, 0) is 43.3 Å². The van der Waals surface area contributed by atoms with Crippen LogP contribution in [0.3, 0.4) is 0 Å². The SMILES string of the molecule is CCNc1nc2ccccc2n1CC(=O)c1ccc(F)cc1. The average Bonchev–Trinajstić information content (AvgIpc) is 2.86. The molecule has 0 amide bonds. The maximum Gasteiger partial charge on any atom is 0.204 e. The number of anilines is 1. The van der Waals surface area contributed by atoms with Gasteiger partial charge in [-0.3, -0.25) is 4.79 Å². The van der Waals surface area contributed by atoms with Crippen LogP contribution in [0.1, 0.15) is 17.3 Å². The molecule has 4 nitrogen and oxygen atoms in total. The molecular formula is C17H16FN3O. The van der Waals surface area contributed by atoms with Crippen molar-refractivity contribution < 1.29 is 9.18 Å². The Morgan fingerprint density at radius 2 is 1.91 bits per heavy atom. The molecule has 1 N–H and O–H groups in total. The Bertz CT molecular complexity index is 808. The second-order valence-electron chi connectivity index (χ2n) is 4.97. The predicted octanol–water partition coefficient (Wildman–Crippen LogP) is 3.49. The standard InChI is InChI=1S/C17H16FN3O/c1-2-19-17-20-14-5-3-4-6-15(14)21(17)11-16(22)12-7-9-13(18)10-8-12/h3-10H,2,11H2,1H3,(H,19,20). The number of nitrogens with zero attached hydrogens (tertiary/aromatic N) is 2. The van der Waals surface area contributed by atoms with Crippen LogP contribution in [0.15, 0.2) is 48.5 Å². The summed E-state index contributed by atoms with van der Waals surface area (Å²) < 4.78 is 14.8. The number of nitrogens with one attached hydrogen (secondary N) is 1. The predicted molar refractivity (Wildman–Crippen MR) is 84.6 cm³/mol. The van der Waals surface area contributed by atoms with E-state index in [2.05, 4.69) is 10.3 Å². The molecule has 0 bridgehead atoms. The normalized spacial score (nSPS) is 10.8. The van der Waals surface area contributed by atoms with Crippen molar-refractivity contribution in [3.05, 3.63) is 59.9 Å². The quantitative estimate of drug-likeness (QED) is 0.733. The lowest BCUT2D eigenvalue weighted by Gasteiger charge is -2.09. The summed E-state index contributed by atoms with van der Waals surface area (Å²) in [5.41, 5.74) is 2.22. The third-order valence-electron chi connectivity index (χ3n) is 3.46. The van der Waals surface area contributed by atoms with Gasteiger partial charge in [0.25, 0.3) is 0 Å². The van der Waals surface area contributed by atoms with Crippen molar-refractivity contribution in [2.45, 2.75) is 13.5 Å². The number of carbonyl (C=O) groups excluding carboxylic acids is 1. The van der Waals surface area contributed by atoms with Crippen LogP contribution in [0.2, 0.25) is 0 Å². The third-order valence-corrected chi connectivity index (χ3v) is 3.46. The minimum absolute atomic E-state index is 0.0812. The van der Waals surface area contributed by atoms with E-state index < -0.39 is 0 Å². The second kappa shape index (κ2) is 5.97. The van der Waals surface area contributed by atoms with Crippen molar-refractivity contribution in [1.82, 2.24) is 9.55 Å². The molecule has 0 fully saturated rings. The van der Waals surface area contributed by atoms with Gasteiger partial charge in [-0.2, -0.15) is 0 Å². The maximum absolute atomic E-state index is 13.0.